The van der Waals surface area contributed by atoms with E-state index in [9.17, 15) is 14.7 Å². The summed E-state index contributed by atoms with van der Waals surface area (Å²) in [5.41, 5.74) is 2.65. The lowest BCUT2D eigenvalue weighted by Gasteiger charge is -2.27. The van der Waals surface area contributed by atoms with Crippen LogP contribution in [0.1, 0.15) is 58.7 Å². The van der Waals surface area contributed by atoms with Crippen molar-refractivity contribution in [2.24, 2.45) is 10.9 Å². The Kier molecular flexibility index (Phi) is 6.04. The molecule has 0 aliphatic carbocycles. The van der Waals surface area contributed by atoms with Crippen LogP contribution in [0.4, 0.5) is 5.69 Å². The van der Waals surface area contributed by atoms with Crippen LogP contribution in [0.2, 0.25) is 0 Å². The Morgan fingerprint density at radius 2 is 2.00 bits per heavy atom. The fraction of sp³-hybridized carbons (Fsp3) is 0.344. The first kappa shape index (κ1) is 27.4. The fourth-order valence-electron chi connectivity index (χ4n) is 6.53. The number of oxazole rings is 2. The Balaban J connectivity index is 1.36. The second kappa shape index (κ2) is 9.92. The van der Waals surface area contributed by atoms with Crippen LogP contribution < -0.4 is 15.4 Å². The number of fused-ring (bicyclic) bond motifs is 6. The van der Waals surface area contributed by atoms with E-state index in [4.69, 9.17) is 33.0 Å². The van der Waals surface area contributed by atoms with E-state index < -0.39 is 41.7 Å². The molecule has 2 aromatic heterocycles. The maximum absolute atomic E-state index is 13.0. The molecule has 0 saturated heterocycles. The number of anilines is 1. The van der Waals surface area contributed by atoms with Gasteiger partial charge in [0, 0.05) is 17.7 Å². The van der Waals surface area contributed by atoms with Gasteiger partial charge in [-0.15, -0.1) is 0 Å². The van der Waals surface area contributed by atoms with E-state index >= 15 is 0 Å². The van der Waals surface area contributed by atoms with Crippen LogP contribution >= 0.6 is 0 Å². The zero-order valence-corrected chi connectivity index (χ0v) is 24.6. The van der Waals surface area contributed by atoms with E-state index in [-0.39, 0.29) is 35.7 Å². The lowest BCUT2D eigenvalue weighted by molar-refractivity contribution is -0.131. The molecule has 6 bridgehead atoms. The quantitative estimate of drug-likeness (QED) is 0.283. The second-order valence-corrected chi connectivity index (χ2v) is 11.8. The molecule has 8 rings (SSSR count). The summed E-state index contributed by atoms with van der Waals surface area (Å²) in [6.45, 7) is 3.65. The molecule has 13 heteroatoms. The van der Waals surface area contributed by atoms with Crippen molar-refractivity contribution in [1.82, 2.24) is 15.3 Å². The van der Waals surface area contributed by atoms with E-state index in [1.807, 2.05) is 42.5 Å². The van der Waals surface area contributed by atoms with Crippen LogP contribution in [-0.4, -0.2) is 64.9 Å². The largest absolute Gasteiger partial charge is 0.477 e. The summed E-state index contributed by atoms with van der Waals surface area (Å²) in [7, 11) is 1.27. The normalized spacial score (nSPS) is 24.2. The van der Waals surface area contributed by atoms with Gasteiger partial charge in [0.25, 0.3) is 0 Å². The fourth-order valence-corrected chi connectivity index (χ4v) is 6.53. The first-order valence-corrected chi connectivity index (χ1v) is 14.7. The molecule has 0 radical (unpaired) electrons. The third-order valence-corrected chi connectivity index (χ3v) is 8.76. The highest BCUT2D eigenvalue weighted by Crippen LogP contribution is 2.59. The van der Waals surface area contributed by atoms with Gasteiger partial charge >= 0.3 is 5.97 Å². The Morgan fingerprint density at radius 3 is 2.82 bits per heavy atom. The van der Waals surface area contributed by atoms with Gasteiger partial charge in [-0.05, 0) is 29.2 Å². The van der Waals surface area contributed by atoms with Crippen LogP contribution in [0, 0.1) is 5.92 Å². The summed E-state index contributed by atoms with van der Waals surface area (Å²) in [6, 6.07) is 12.4. The van der Waals surface area contributed by atoms with E-state index in [2.05, 4.69) is 15.6 Å². The first-order valence-electron chi connectivity index (χ1n) is 14.7. The molecule has 230 valence electrons. The minimum absolute atomic E-state index is 0.0167. The van der Waals surface area contributed by atoms with Crippen molar-refractivity contribution < 1.29 is 37.7 Å². The summed E-state index contributed by atoms with van der Waals surface area (Å²) in [4.78, 5) is 39.4. The average molecular weight is 612 g/mol. The van der Waals surface area contributed by atoms with E-state index in [0.29, 0.717) is 23.8 Å². The van der Waals surface area contributed by atoms with Gasteiger partial charge in [0.15, 0.2) is 29.4 Å². The number of aromatic nitrogens is 2. The number of aliphatic hydroxyl groups is 1. The van der Waals surface area contributed by atoms with Gasteiger partial charge in [0.05, 0.1) is 7.11 Å². The zero-order valence-electron chi connectivity index (χ0n) is 24.6. The number of para-hydroxylation sites is 1. The molecular formula is C32H29N5O8. The Labute approximate surface area is 256 Å². The maximum atomic E-state index is 13.0. The van der Waals surface area contributed by atoms with Gasteiger partial charge < -0.3 is 38.8 Å². The van der Waals surface area contributed by atoms with Crippen LogP contribution in [0.5, 0.6) is 5.75 Å². The van der Waals surface area contributed by atoms with Crippen molar-refractivity contribution >= 4 is 23.5 Å². The number of amides is 1. The Morgan fingerprint density at radius 1 is 1.16 bits per heavy atom. The van der Waals surface area contributed by atoms with Crippen molar-refractivity contribution in [2.75, 3.05) is 19.0 Å². The van der Waals surface area contributed by atoms with Crippen LogP contribution in [-0.2, 0) is 26.1 Å². The van der Waals surface area contributed by atoms with Crippen molar-refractivity contribution in [2.45, 2.75) is 50.1 Å². The number of hydrogen-bond donors (Lipinski definition) is 3. The maximum Gasteiger partial charge on any atom is 0.360 e. The van der Waals surface area contributed by atoms with Gasteiger partial charge in [-0.25, -0.2) is 19.8 Å². The summed E-state index contributed by atoms with van der Waals surface area (Å²) in [6.07, 6.45) is -0.260. The molecule has 45 heavy (non-hydrogen) atoms. The van der Waals surface area contributed by atoms with Crippen LogP contribution in [0.25, 0.3) is 11.6 Å². The number of esters is 1. The van der Waals surface area contributed by atoms with Gasteiger partial charge in [0.1, 0.15) is 36.2 Å². The third-order valence-electron chi connectivity index (χ3n) is 8.76. The summed E-state index contributed by atoms with van der Waals surface area (Å²) >= 11 is 0. The molecule has 1 amide bonds. The number of aliphatic hydroxyl groups excluding tert-OH is 1. The predicted molar refractivity (Wildman–Crippen MR) is 157 cm³/mol. The summed E-state index contributed by atoms with van der Waals surface area (Å²) < 4.78 is 29.9. The molecule has 6 heterocycles. The molecular weight excluding hydrogens is 582 g/mol. The monoisotopic (exact) mass is 611 g/mol. The minimum Gasteiger partial charge on any atom is -0.477 e. The highest BCUT2D eigenvalue weighted by Gasteiger charge is 2.61. The SMILES string of the molecule is COC(=O)c1coc(-c2nc3oc2C24c5ccccc5NC2Oc2ccc(cc24)CC(NC(=O)C(O)C(C)C)C2=NC3CO2)n1. The average Bonchev–Trinajstić information content (AvgIpc) is 3.86. The molecule has 5 atom stereocenters. The number of hydrogen-bond acceptors (Lipinski definition) is 12. The summed E-state index contributed by atoms with van der Waals surface area (Å²) in [5.74, 6) is 0.197. The second-order valence-electron chi connectivity index (χ2n) is 11.8. The standard InChI is InChI=1S/C32H29N5O8/c1-14(2)24(38)26(39)33-19-11-15-8-9-22-17(10-15)32(16-6-4-5-7-18(16)36-31(32)44-22)25-23(29-35-21(13-43-29)30(40)41-3)37-28(45-25)20-12-42-27(19)34-20/h4-10,13-14,19-20,24,31,36,38H,11-12H2,1-3H3,(H,33,39). The molecule has 2 aromatic carbocycles. The van der Waals surface area contributed by atoms with Gasteiger partial charge in [-0.2, -0.15) is 0 Å². The van der Waals surface area contributed by atoms with E-state index in [0.717, 1.165) is 22.4 Å². The molecule has 4 aliphatic rings. The number of aliphatic imine (C=N–C) groups is 1. The molecule has 5 unspecified atom stereocenters. The Bertz CT molecular complexity index is 1900. The summed E-state index contributed by atoms with van der Waals surface area (Å²) in [5, 5.41) is 16.9. The number of rotatable bonds is 5. The topological polar surface area (TPSA) is 171 Å². The van der Waals surface area contributed by atoms with E-state index in [1.54, 1.807) is 13.8 Å². The molecule has 4 aromatic rings. The third kappa shape index (κ3) is 3.99. The number of nitrogens with one attached hydrogen (secondary N) is 2. The van der Waals surface area contributed by atoms with Crippen LogP contribution in [0.15, 0.2) is 62.6 Å². The minimum atomic E-state index is -1.20. The number of carbonyl (C=O) groups is 2. The number of ether oxygens (including phenoxy) is 3. The molecule has 1 spiro atoms. The number of benzene rings is 2. The molecule has 0 fully saturated rings. The van der Waals surface area contributed by atoms with Crippen molar-refractivity contribution in [3.63, 3.8) is 0 Å². The van der Waals surface area contributed by atoms with Crippen molar-refractivity contribution in [3.05, 3.63) is 82.8 Å². The number of carbonyl (C=O) groups excluding carboxylic acids is 2. The number of nitrogens with zero attached hydrogens (tertiary/aromatic N) is 3. The van der Waals surface area contributed by atoms with Crippen molar-refractivity contribution in [1.29, 1.82) is 0 Å². The lowest BCUT2D eigenvalue weighted by atomic mass is 9.72. The molecule has 13 nitrogen and oxygen atoms in total. The predicted octanol–water partition coefficient (Wildman–Crippen LogP) is 3.12. The number of methoxy groups -OCH3 is 1. The highest BCUT2D eigenvalue weighted by molar-refractivity contribution is 5.90. The van der Waals surface area contributed by atoms with Crippen molar-refractivity contribution in [3.8, 4) is 17.3 Å². The van der Waals surface area contributed by atoms with Gasteiger partial charge in [0.2, 0.25) is 23.6 Å². The smallest absolute Gasteiger partial charge is 0.360 e. The zero-order chi connectivity index (χ0) is 31.0. The van der Waals surface area contributed by atoms with Gasteiger partial charge in [-0.1, -0.05) is 44.2 Å². The highest BCUT2D eigenvalue weighted by atomic mass is 16.5. The van der Waals surface area contributed by atoms with Crippen LogP contribution in [0.3, 0.4) is 0 Å². The molecule has 3 N–H and O–H groups in total. The molecule has 0 saturated carbocycles. The first-order chi connectivity index (χ1) is 21.8. The molecule has 4 aliphatic heterocycles. The van der Waals surface area contributed by atoms with E-state index in [1.165, 1.54) is 13.4 Å². The Hall–Kier alpha value is -5.17. The van der Waals surface area contributed by atoms with Gasteiger partial charge in [-0.3, -0.25) is 4.79 Å². The lowest BCUT2D eigenvalue weighted by Crippen LogP contribution is -2.48.